The van der Waals surface area contributed by atoms with E-state index in [4.69, 9.17) is 4.74 Å². The first kappa shape index (κ1) is 19.1. The minimum Gasteiger partial charge on any atom is -0.444 e. The van der Waals surface area contributed by atoms with E-state index in [9.17, 15) is 9.90 Å². The molecular weight excluding hydrogens is 348 g/mol. The summed E-state index contributed by atoms with van der Waals surface area (Å²) in [5.41, 5.74) is 1.32. The second-order valence-corrected chi connectivity index (χ2v) is 9.21. The van der Waals surface area contributed by atoms with Gasteiger partial charge in [-0.1, -0.05) is 12.1 Å². The van der Waals surface area contributed by atoms with Crippen molar-refractivity contribution in [3.63, 3.8) is 0 Å². The van der Waals surface area contributed by atoms with Crippen LogP contribution in [0.3, 0.4) is 0 Å². The van der Waals surface area contributed by atoms with Gasteiger partial charge in [0.05, 0.1) is 21.3 Å². The molecule has 1 aliphatic rings. The molecule has 0 spiro atoms. The predicted octanol–water partition coefficient (Wildman–Crippen LogP) is 4.82. The smallest absolute Gasteiger partial charge is 0.410 e. The number of hydrogen-bond acceptors (Lipinski definition) is 5. The zero-order valence-electron chi connectivity index (χ0n) is 16.0. The molecule has 6 heteroatoms. The van der Waals surface area contributed by atoms with Crippen molar-refractivity contribution in [3.05, 3.63) is 28.8 Å². The molecule has 1 amide bonds. The number of aliphatic hydroxyl groups excluding tert-OH is 1. The SMILES string of the molecule is Cc1nc2cccc(C(O)CC3CCCCN3C(=O)OC(C)(C)C)c2s1. The molecule has 1 N–H and O–H groups in total. The van der Waals surface area contributed by atoms with E-state index in [0.717, 1.165) is 40.1 Å². The maximum absolute atomic E-state index is 12.6. The largest absolute Gasteiger partial charge is 0.444 e. The first-order chi connectivity index (χ1) is 12.2. The van der Waals surface area contributed by atoms with Gasteiger partial charge in [-0.2, -0.15) is 0 Å². The molecular formula is C20H28N2O3S. The van der Waals surface area contributed by atoms with Crippen LogP contribution in [0.25, 0.3) is 10.2 Å². The van der Waals surface area contributed by atoms with Crippen LogP contribution < -0.4 is 0 Å². The number of aliphatic hydroxyl groups is 1. The quantitative estimate of drug-likeness (QED) is 0.834. The van der Waals surface area contributed by atoms with Crippen molar-refractivity contribution in [2.45, 2.75) is 71.1 Å². The van der Waals surface area contributed by atoms with E-state index in [0.29, 0.717) is 13.0 Å². The molecule has 142 valence electrons. The molecule has 2 aromatic rings. The molecule has 0 bridgehead atoms. The number of piperidine rings is 1. The number of thiazole rings is 1. The molecule has 5 nitrogen and oxygen atoms in total. The zero-order chi connectivity index (χ0) is 18.9. The fourth-order valence-corrected chi connectivity index (χ4v) is 4.51. The van der Waals surface area contributed by atoms with Crippen LogP contribution in [0.5, 0.6) is 0 Å². The number of benzene rings is 1. The summed E-state index contributed by atoms with van der Waals surface area (Å²) >= 11 is 1.61. The van der Waals surface area contributed by atoms with E-state index in [-0.39, 0.29) is 12.1 Å². The number of fused-ring (bicyclic) bond motifs is 1. The van der Waals surface area contributed by atoms with Crippen molar-refractivity contribution in [1.29, 1.82) is 0 Å². The van der Waals surface area contributed by atoms with Gasteiger partial charge >= 0.3 is 6.09 Å². The molecule has 0 saturated carbocycles. The molecule has 1 saturated heterocycles. The molecule has 2 heterocycles. The molecule has 1 aromatic heterocycles. The van der Waals surface area contributed by atoms with Crippen molar-refractivity contribution in [2.75, 3.05) is 6.54 Å². The molecule has 26 heavy (non-hydrogen) atoms. The van der Waals surface area contributed by atoms with Gasteiger partial charge in [-0.15, -0.1) is 11.3 Å². The summed E-state index contributed by atoms with van der Waals surface area (Å²) in [4.78, 5) is 18.9. The highest BCUT2D eigenvalue weighted by Crippen LogP contribution is 2.34. The highest BCUT2D eigenvalue weighted by Gasteiger charge is 2.32. The lowest BCUT2D eigenvalue weighted by Gasteiger charge is -2.37. The Balaban J connectivity index is 1.77. The summed E-state index contributed by atoms with van der Waals surface area (Å²) < 4.78 is 6.60. The molecule has 0 aliphatic carbocycles. The van der Waals surface area contributed by atoms with Gasteiger partial charge in [-0.05, 0) is 59.4 Å². The molecule has 1 fully saturated rings. The van der Waals surface area contributed by atoms with Crippen LogP contribution in [0.4, 0.5) is 4.79 Å². The van der Waals surface area contributed by atoms with Gasteiger partial charge in [-0.3, -0.25) is 0 Å². The summed E-state index contributed by atoms with van der Waals surface area (Å²) in [6, 6.07) is 5.87. The molecule has 2 unspecified atom stereocenters. The Kier molecular flexibility index (Phi) is 5.53. The Morgan fingerprint density at radius 3 is 2.92 bits per heavy atom. The second kappa shape index (κ2) is 7.53. The van der Waals surface area contributed by atoms with E-state index in [1.165, 1.54) is 0 Å². The Bertz CT molecular complexity index is 781. The van der Waals surface area contributed by atoms with Crippen molar-refractivity contribution >= 4 is 27.6 Å². The lowest BCUT2D eigenvalue weighted by Crippen LogP contribution is -2.46. The monoisotopic (exact) mass is 376 g/mol. The van der Waals surface area contributed by atoms with Gasteiger partial charge in [0.1, 0.15) is 5.60 Å². The number of nitrogens with zero attached hydrogens (tertiary/aromatic N) is 2. The number of likely N-dealkylation sites (tertiary alicyclic amines) is 1. The highest BCUT2D eigenvalue weighted by molar-refractivity contribution is 7.18. The maximum Gasteiger partial charge on any atom is 0.410 e. The summed E-state index contributed by atoms with van der Waals surface area (Å²) in [5, 5.41) is 11.9. The number of hydrogen-bond donors (Lipinski definition) is 1. The van der Waals surface area contributed by atoms with Crippen molar-refractivity contribution in [2.24, 2.45) is 0 Å². The Labute approximate surface area is 159 Å². The van der Waals surface area contributed by atoms with Gasteiger partial charge < -0.3 is 14.7 Å². The number of rotatable bonds is 3. The average molecular weight is 377 g/mol. The van der Waals surface area contributed by atoms with Crippen molar-refractivity contribution in [1.82, 2.24) is 9.88 Å². The number of ether oxygens (including phenoxy) is 1. The first-order valence-corrected chi connectivity index (χ1v) is 10.1. The number of amides is 1. The Morgan fingerprint density at radius 1 is 1.42 bits per heavy atom. The third-order valence-corrected chi connectivity index (χ3v) is 5.70. The third-order valence-electron chi connectivity index (χ3n) is 4.66. The number of aromatic nitrogens is 1. The lowest BCUT2D eigenvalue weighted by molar-refractivity contribution is 0.00246. The van der Waals surface area contributed by atoms with Gasteiger partial charge in [0.15, 0.2) is 0 Å². The predicted molar refractivity (Wildman–Crippen MR) is 105 cm³/mol. The first-order valence-electron chi connectivity index (χ1n) is 9.28. The fourth-order valence-electron chi connectivity index (χ4n) is 3.54. The molecule has 1 aliphatic heterocycles. The Hall–Kier alpha value is -1.66. The van der Waals surface area contributed by atoms with Crippen LogP contribution in [0.15, 0.2) is 18.2 Å². The average Bonchev–Trinajstić information content (AvgIpc) is 2.93. The molecule has 3 rings (SSSR count). The highest BCUT2D eigenvalue weighted by atomic mass is 32.1. The summed E-state index contributed by atoms with van der Waals surface area (Å²) in [5.74, 6) is 0. The Morgan fingerprint density at radius 2 is 2.19 bits per heavy atom. The fraction of sp³-hybridized carbons (Fsp3) is 0.600. The minimum absolute atomic E-state index is 0.00197. The lowest BCUT2D eigenvalue weighted by atomic mass is 9.94. The van der Waals surface area contributed by atoms with Gasteiger partial charge in [0.2, 0.25) is 0 Å². The van der Waals surface area contributed by atoms with E-state index < -0.39 is 11.7 Å². The van der Waals surface area contributed by atoms with Crippen LogP contribution in [0, 0.1) is 6.92 Å². The minimum atomic E-state index is -0.619. The zero-order valence-corrected chi connectivity index (χ0v) is 16.8. The topological polar surface area (TPSA) is 62.7 Å². The maximum atomic E-state index is 12.6. The van der Waals surface area contributed by atoms with Gasteiger partial charge in [0, 0.05) is 18.2 Å². The summed E-state index contributed by atoms with van der Waals surface area (Å²) in [7, 11) is 0. The second-order valence-electron chi connectivity index (χ2n) is 8.00. The number of carbonyl (C=O) groups excluding carboxylic acids is 1. The van der Waals surface area contributed by atoms with Crippen LogP contribution in [0.1, 0.15) is 63.1 Å². The van der Waals surface area contributed by atoms with E-state index in [1.54, 1.807) is 16.2 Å². The number of carbonyl (C=O) groups is 1. The molecule has 0 radical (unpaired) electrons. The van der Waals surface area contributed by atoms with Crippen molar-refractivity contribution in [3.8, 4) is 0 Å². The number of aryl methyl sites for hydroxylation is 1. The van der Waals surface area contributed by atoms with Gasteiger partial charge in [-0.25, -0.2) is 9.78 Å². The molecule has 2 atom stereocenters. The third kappa shape index (κ3) is 4.35. The summed E-state index contributed by atoms with van der Waals surface area (Å²) in [6.07, 6.45) is 2.58. The van der Waals surface area contributed by atoms with E-state index in [2.05, 4.69) is 4.98 Å². The standard InChI is InChI=1S/C20H28N2O3S/c1-13-21-16-10-7-9-15(18(16)26-13)17(23)12-14-8-5-6-11-22(14)19(24)25-20(2,3)4/h7,9-10,14,17,23H,5-6,8,11-12H2,1-4H3. The van der Waals surface area contributed by atoms with E-state index >= 15 is 0 Å². The van der Waals surface area contributed by atoms with Crippen LogP contribution in [0.2, 0.25) is 0 Å². The van der Waals surface area contributed by atoms with Gasteiger partial charge in [0.25, 0.3) is 0 Å². The van der Waals surface area contributed by atoms with E-state index in [1.807, 2.05) is 45.9 Å². The van der Waals surface area contributed by atoms with Crippen LogP contribution in [-0.4, -0.2) is 39.3 Å². The van der Waals surface area contributed by atoms with Crippen LogP contribution >= 0.6 is 11.3 Å². The van der Waals surface area contributed by atoms with Crippen LogP contribution in [-0.2, 0) is 4.74 Å². The van der Waals surface area contributed by atoms with Crippen molar-refractivity contribution < 1.29 is 14.6 Å². The molecule has 1 aromatic carbocycles. The normalized spacial score (nSPS) is 19.6. The summed E-state index contributed by atoms with van der Waals surface area (Å²) in [6.45, 7) is 8.31.